The van der Waals surface area contributed by atoms with Gasteiger partial charge in [0.15, 0.2) is 5.78 Å². The van der Waals surface area contributed by atoms with Crippen molar-refractivity contribution in [1.29, 1.82) is 0 Å². The van der Waals surface area contributed by atoms with Crippen molar-refractivity contribution in [3.8, 4) is 0 Å². The van der Waals surface area contributed by atoms with Crippen molar-refractivity contribution >= 4 is 69.9 Å². The molecular formula is C24H14Cl4O. The highest BCUT2D eigenvalue weighted by atomic mass is 35.5. The van der Waals surface area contributed by atoms with Gasteiger partial charge in [0.2, 0.25) is 0 Å². The van der Waals surface area contributed by atoms with Crippen LogP contribution in [0.25, 0.3) is 17.7 Å². The van der Waals surface area contributed by atoms with Crippen LogP contribution in [-0.2, 0) is 11.2 Å². The number of rotatable bonds is 2. The highest BCUT2D eigenvalue weighted by molar-refractivity contribution is 6.42. The maximum atomic E-state index is 13.3. The molecule has 0 unspecified atom stereocenters. The van der Waals surface area contributed by atoms with Crippen LogP contribution in [0, 0.1) is 0 Å². The highest BCUT2D eigenvalue weighted by Gasteiger charge is 2.25. The van der Waals surface area contributed by atoms with Crippen LogP contribution in [-0.4, -0.2) is 5.78 Å². The number of carbonyl (C=O) groups is 1. The van der Waals surface area contributed by atoms with Gasteiger partial charge in [-0.05, 0) is 58.7 Å². The largest absolute Gasteiger partial charge is 0.289 e. The summed E-state index contributed by atoms with van der Waals surface area (Å²) < 4.78 is 0. The molecule has 0 aliphatic heterocycles. The third kappa shape index (κ3) is 4.29. The number of ketones is 1. The van der Waals surface area contributed by atoms with Crippen molar-refractivity contribution in [1.82, 2.24) is 0 Å². The first-order chi connectivity index (χ1) is 13.9. The fourth-order valence-corrected chi connectivity index (χ4v) is 3.96. The Kier molecular flexibility index (Phi) is 5.85. The van der Waals surface area contributed by atoms with E-state index in [1.165, 1.54) is 0 Å². The minimum absolute atomic E-state index is 0.0270. The van der Waals surface area contributed by atoms with E-state index in [0.29, 0.717) is 37.7 Å². The summed E-state index contributed by atoms with van der Waals surface area (Å²) in [6.07, 6.45) is 4.27. The first-order valence-electron chi connectivity index (χ1n) is 8.88. The molecule has 0 fully saturated rings. The molecule has 0 atom stereocenters. The van der Waals surface area contributed by atoms with E-state index in [-0.39, 0.29) is 5.78 Å². The monoisotopic (exact) mass is 458 g/mol. The average Bonchev–Trinajstić information content (AvgIpc) is 2.70. The molecule has 0 saturated heterocycles. The van der Waals surface area contributed by atoms with Gasteiger partial charge in [0.25, 0.3) is 0 Å². The minimum Gasteiger partial charge on any atom is -0.289 e. The molecule has 0 saturated carbocycles. The third-order valence-electron chi connectivity index (χ3n) is 4.76. The Bertz CT molecular complexity index is 1190. The Balaban J connectivity index is 1.82. The van der Waals surface area contributed by atoms with Gasteiger partial charge < -0.3 is 0 Å². The lowest BCUT2D eigenvalue weighted by atomic mass is 9.81. The van der Waals surface area contributed by atoms with E-state index in [1.807, 2.05) is 48.6 Å². The van der Waals surface area contributed by atoms with Crippen LogP contribution in [0.15, 0.2) is 66.2 Å². The summed E-state index contributed by atoms with van der Waals surface area (Å²) in [5.41, 5.74) is 4.97. The second-order valence-electron chi connectivity index (χ2n) is 6.74. The van der Waals surface area contributed by atoms with E-state index in [4.69, 9.17) is 46.4 Å². The number of Topliss-reactive ketones (excluding diaryl/α,β-unsaturated/α-hetero) is 1. The molecule has 5 heteroatoms. The summed E-state index contributed by atoms with van der Waals surface area (Å²) >= 11 is 24.3. The lowest BCUT2D eigenvalue weighted by Gasteiger charge is -2.21. The Morgan fingerprint density at radius 1 is 0.690 bits per heavy atom. The number of halogens is 4. The maximum Gasteiger partial charge on any atom is 0.189 e. The van der Waals surface area contributed by atoms with E-state index in [2.05, 4.69) is 0 Å². The fourth-order valence-electron chi connectivity index (χ4n) is 3.35. The van der Waals surface area contributed by atoms with Crippen molar-refractivity contribution < 1.29 is 4.79 Å². The van der Waals surface area contributed by atoms with E-state index in [9.17, 15) is 4.79 Å². The van der Waals surface area contributed by atoms with Crippen LogP contribution < -0.4 is 0 Å². The number of allylic oxidation sites excluding steroid dienone is 2. The van der Waals surface area contributed by atoms with Gasteiger partial charge in [-0.3, -0.25) is 4.79 Å². The summed E-state index contributed by atoms with van der Waals surface area (Å²) in [4.78, 5) is 13.3. The van der Waals surface area contributed by atoms with Gasteiger partial charge >= 0.3 is 0 Å². The first-order valence-corrected chi connectivity index (χ1v) is 10.4. The Hall–Kier alpha value is -2.03. The lowest BCUT2D eigenvalue weighted by molar-refractivity contribution is -0.110. The van der Waals surface area contributed by atoms with Crippen molar-refractivity contribution in [3.63, 3.8) is 0 Å². The molecule has 1 aliphatic carbocycles. The summed E-state index contributed by atoms with van der Waals surface area (Å²) in [6.45, 7) is 0. The third-order valence-corrected chi connectivity index (χ3v) is 6.24. The van der Waals surface area contributed by atoms with Crippen molar-refractivity contribution in [2.45, 2.75) is 6.42 Å². The summed E-state index contributed by atoms with van der Waals surface area (Å²) in [7, 11) is 0. The van der Waals surface area contributed by atoms with Crippen LogP contribution in [0.1, 0.15) is 22.3 Å². The molecule has 0 heterocycles. The predicted octanol–water partition coefficient (Wildman–Crippen LogP) is 8.05. The number of hydrogen-bond acceptors (Lipinski definition) is 1. The Morgan fingerprint density at radius 2 is 1.28 bits per heavy atom. The smallest absolute Gasteiger partial charge is 0.189 e. The fraction of sp³-hybridized carbons (Fsp3) is 0.0417. The number of fused-ring (bicyclic) bond motifs is 1. The van der Waals surface area contributed by atoms with Crippen molar-refractivity contribution in [3.05, 3.63) is 109 Å². The van der Waals surface area contributed by atoms with E-state index >= 15 is 0 Å². The molecule has 29 heavy (non-hydrogen) atoms. The van der Waals surface area contributed by atoms with Gasteiger partial charge in [-0.2, -0.15) is 0 Å². The molecule has 1 aliphatic rings. The van der Waals surface area contributed by atoms with Crippen LogP contribution >= 0.6 is 46.4 Å². The molecule has 3 aromatic carbocycles. The highest BCUT2D eigenvalue weighted by Crippen LogP contribution is 2.35. The quantitative estimate of drug-likeness (QED) is 0.354. The number of benzene rings is 3. The molecule has 0 N–H and O–H groups in total. The van der Waals surface area contributed by atoms with Gasteiger partial charge in [0.1, 0.15) is 0 Å². The molecule has 0 spiro atoms. The minimum atomic E-state index is -0.0270. The van der Waals surface area contributed by atoms with Gasteiger partial charge in [0.05, 0.1) is 20.1 Å². The van der Waals surface area contributed by atoms with Crippen LogP contribution in [0.2, 0.25) is 20.1 Å². The van der Waals surface area contributed by atoms with Crippen LogP contribution in [0.3, 0.4) is 0 Å². The van der Waals surface area contributed by atoms with E-state index in [0.717, 1.165) is 22.3 Å². The zero-order valence-electron chi connectivity index (χ0n) is 15.1. The average molecular weight is 460 g/mol. The lowest BCUT2D eigenvalue weighted by Crippen LogP contribution is -2.15. The Morgan fingerprint density at radius 3 is 1.90 bits per heavy atom. The SMILES string of the molecule is O=C1/C(=C/c2ccc(Cl)c(Cl)c2)Cc2ccccc2/C1=C\c1ccc(Cl)c(Cl)c1. The van der Waals surface area contributed by atoms with Gasteiger partial charge in [-0.15, -0.1) is 0 Å². The summed E-state index contributed by atoms with van der Waals surface area (Å²) in [5.74, 6) is -0.0270. The zero-order valence-corrected chi connectivity index (χ0v) is 18.1. The number of hydrogen-bond donors (Lipinski definition) is 0. The van der Waals surface area contributed by atoms with Crippen molar-refractivity contribution in [2.75, 3.05) is 0 Å². The summed E-state index contributed by atoms with van der Waals surface area (Å²) in [5, 5.41) is 1.86. The van der Waals surface area contributed by atoms with Gasteiger partial charge in [-0.25, -0.2) is 0 Å². The second kappa shape index (κ2) is 8.38. The standard InChI is InChI=1S/C24H14Cl4O/c25-20-7-5-14(11-22(20)27)9-17-13-16-3-1-2-4-18(16)19(24(17)29)10-15-6-8-21(26)23(28)12-15/h1-12H,13H2/b17-9+,19-10+. The molecule has 0 amide bonds. The van der Waals surface area contributed by atoms with Gasteiger partial charge in [-0.1, -0.05) is 82.8 Å². The van der Waals surface area contributed by atoms with Crippen molar-refractivity contribution in [2.24, 2.45) is 0 Å². The number of carbonyl (C=O) groups excluding carboxylic acids is 1. The molecule has 1 nitrogen and oxygen atoms in total. The van der Waals surface area contributed by atoms with Crippen LogP contribution in [0.5, 0.6) is 0 Å². The molecule has 144 valence electrons. The normalized spacial score (nSPS) is 16.3. The van der Waals surface area contributed by atoms with E-state index in [1.54, 1.807) is 24.3 Å². The molecule has 0 aromatic heterocycles. The van der Waals surface area contributed by atoms with Gasteiger partial charge in [0, 0.05) is 17.6 Å². The summed E-state index contributed by atoms with van der Waals surface area (Å²) in [6, 6.07) is 18.6. The molecule has 3 aromatic rings. The molecule has 0 bridgehead atoms. The predicted molar refractivity (Wildman–Crippen MR) is 124 cm³/mol. The maximum absolute atomic E-state index is 13.3. The Labute approximate surface area is 189 Å². The first kappa shape index (κ1) is 20.3. The molecule has 0 radical (unpaired) electrons. The van der Waals surface area contributed by atoms with E-state index < -0.39 is 0 Å². The topological polar surface area (TPSA) is 17.1 Å². The molecule has 4 rings (SSSR count). The second-order valence-corrected chi connectivity index (χ2v) is 8.37. The van der Waals surface area contributed by atoms with Crippen LogP contribution in [0.4, 0.5) is 0 Å². The molecular weight excluding hydrogens is 446 g/mol. The zero-order chi connectivity index (χ0) is 20.5.